The third kappa shape index (κ3) is 4.69. The van der Waals surface area contributed by atoms with Crippen LogP contribution in [0, 0.1) is 0 Å². The quantitative estimate of drug-likeness (QED) is 0.902. The van der Waals surface area contributed by atoms with Gasteiger partial charge in [0.25, 0.3) is 0 Å². The lowest BCUT2D eigenvalue weighted by Gasteiger charge is -2.38. The largest absolute Gasteiger partial charge is 0.416 e. The van der Waals surface area contributed by atoms with Gasteiger partial charge < -0.3 is 5.11 Å². The molecule has 1 atom stereocenters. The minimum Gasteiger partial charge on any atom is -0.395 e. The van der Waals surface area contributed by atoms with Crippen molar-refractivity contribution in [1.29, 1.82) is 0 Å². The third-order valence-electron chi connectivity index (χ3n) is 4.23. The highest BCUT2D eigenvalue weighted by Crippen LogP contribution is 2.29. The van der Waals surface area contributed by atoms with Gasteiger partial charge >= 0.3 is 6.18 Å². The van der Waals surface area contributed by atoms with Crippen molar-refractivity contribution in [3.63, 3.8) is 0 Å². The molecule has 0 saturated carbocycles. The monoisotopic (exact) mass is 316 g/mol. The molecule has 1 N–H and O–H groups in total. The second-order valence-electron chi connectivity index (χ2n) is 5.85. The van der Waals surface area contributed by atoms with E-state index in [1.54, 1.807) is 6.07 Å². The molecule has 124 valence electrons. The molecule has 0 spiro atoms. The Bertz CT molecular complexity index is 471. The number of aliphatic hydroxyl groups is 1. The lowest BCUT2D eigenvalue weighted by Crippen LogP contribution is -2.50. The zero-order valence-electron chi connectivity index (χ0n) is 12.8. The molecule has 1 saturated heterocycles. The maximum absolute atomic E-state index is 12.7. The molecule has 1 aliphatic heterocycles. The fourth-order valence-electron chi connectivity index (χ4n) is 2.91. The molecule has 2 rings (SSSR count). The fourth-order valence-corrected chi connectivity index (χ4v) is 2.91. The second-order valence-corrected chi connectivity index (χ2v) is 5.85. The predicted octanol–water partition coefficient (Wildman–Crippen LogP) is 2.25. The predicted molar refractivity (Wildman–Crippen MR) is 79.7 cm³/mol. The zero-order chi connectivity index (χ0) is 16.2. The number of nitrogens with zero attached hydrogens (tertiary/aromatic N) is 2. The molecule has 0 unspecified atom stereocenters. The van der Waals surface area contributed by atoms with Crippen molar-refractivity contribution in [3.05, 3.63) is 35.4 Å². The minimum atomic E-state index is -4.28. The Balaban J connectivity index is 1.91. The summed E-state index contributed by atoms with van der Waals surface area (Å²) in [5.74, 6) is 0. The number of hydrogen-bond acceptors (Lipinski definition) is 3. The van der Waals surface area contributed by atoms with Crippen LogP contribution >= 0.6 is 0 Å². The van der Waals surface area contributed by atoms with Crippen molar-refractivity contribution in [2.45, 2.75) is 25.6 Å². The van der Waals surface area contributed by atoms with Crippen molar-refractivity contribution < 1.29 is 18.3 Å². The Kier molecular flexibility index (Phi) is 5.83. The van der Waals surface area contributed by atoms with Crippen molar-refractivity contribution >= 4 is 0 Å². The highest BCUT2D eigenvalue weighted by molar-refractivity contribution is 5.26. The van der Waals surface area contributed by atoms with Gasteiger partial charge in [-0.15, -0.1) is 0 Å². The van der Waals surface area contributed by atoms with E-state index in [-0.39, 0.29) is 12.6 Å². The average molecular weight is 316 g/mol. The molecular weight excluding hydrogens is 293 g/mol. The van der Waals surface area contributed by atoms with E-state index in [0.717, 1.165) is 37.8 Å². The van der Waals surface area contributed by atoms with Gasteiger partial charge in [0, 0.05) is 38.8 Å². The van der Waals surface area contributed by atoms with Gasteiger partial charge in [-0.3, -0.25) is 9.80 Å². The van der Waals surface area contributed by atoms with Crippen LogP contribution in [0.4, 0.5) is 13.2 Å². The normalized spacial score (nSPS) is 19.3. The van der Waals surface area contributed by atoms with Crippen LogP contribution < -0.4 is 0 Å². The Morgan fingerprint density at radius 3 is 2.45 bits per heavy atom. The van der Waals surface area contributed by atoms with E-state index < -0.39 is 11.7 Å². The van der Waals surface area contributed by atoms with Gasteiger partial charge in [-0.05, 0) is 25.0 Å². The summed E-state index contributed by atoms with van der Waals surface area (Å²) >= 11 is 0. The Hall–Kier alpha value is -1.11. The number of alkyl halides is 3. The first-order chi connectivity index (χ1) is 10.4. The van der Waals surface area contributed by atoms with Gasteiger partial charge in [0.15, 0.2) is 0 Å². The fraction of sp³-hybridized carbons (Fsp3) is 0.625. The zero-order valence-corrected chi connectivity index (χ0v) is 12.8. The smallest absolute Gasteiger partial charge is 0.395 e. The maximum atomic E-state index is 12.7. The second kappa shape index (κ2) is 7.44. The van der Waals surface area contributed by atoms with E-state index in [9.17, 15) is 13.2 Å². The van der Waals surface area contributed by atoms with Crippen LogP contribution in [0.1, 0.15) is 18.1 Å². The lowest BCUT2D eigenvalue weighted by molar-refractivity contribution is -0.137. The average Bonchev–Trinajstić information content (AvgIpc) is 2.48. The van der Waals surface area contributed by atoms with Crippen LogP contribution in [0.2, 0.25) is 0 Å². The molecule has 1 aromatic rings. The van der Waals surface area contributed by atoms with E-state index in [1.807, 2.05) is 0 Å². The Morgan fingerprint density at radius 1 is 1.18 bits per heavy atom. The van der Waals surface area contributed by atoms with Gasteiger partial charge in [-0.1, -0.05) is 18.2 Å². The first kappa shape index (κ1) is 17.2. The summed E-state index contributed by atoms with van der Waals surface area (Å²) in [4.78, 5) is 4.50. The Morgan fingerprint density at radius 2 is 1.86 bits per heavy atom. The molecular formula is C16H23F3N2O. The molecule has 0 bridgehead atoms. The summed E-state index contributed by atoms with van der Waals surface area (Å²) in [6.07, 6.45) is -3.67. The molecule has 1 aromatic carbocycles. The van der Waals surface area contributed by atoms with Crippen LogP contribution in [0.25, 0.3) is 0 Å². The van der Waals surface area contributed by atoms with Crippen LogP contribution in [0.5, 0.6) is 0 Å². The molecule has 1 heterocycles. The first-order valence-corrected chi connectivity index (χ1v) is 7.63. The highest BCUT2D eigenvalue weighted by atomic mass is 19.4. The first-order valence-electron chi connectivity index (χ1n) is 7.63. The van der Waals surface area contributed by atoms with Gasteiger partial charge in [-0.2, -0.15) is 13.2 Å². The lowest BCUT2D eigenvalue weighted by atomic mass is 10.0. The van der Waals surface area contributed by atoms with E-state index >= 15 is 0 Å². The summed E-state index contributed by atoms with van der Waals surface area (Å²) in [7, 11) is 0. The van der Waals surface area contributed by atoms with E-state index in [1.165, 1.54) is 12.1 Å². The standard InChI is InChI=1S/C16H23F3N2O/c1-13(21-7-5-20(6-8-21)9-10-22)11-14-3-2-4-15(12-14)16(17,18)19/h2-4,12-13,22H,5-11H2,1H3/t13-/m1/s1. The molecule has 1 fully saturated rings. The van der Waals surface area contributed by atoms with Crippen molar-refractivity contribution in [2.75, 3.05) is 39.3 Å². The minimum absolute atomic E-state index is 0.166. The summed E-state index contributed by atoms with van der Waals surface area (Å²) in [5, 5.41) is 8.93. The number of benzene rings is 1. The molecule has 1 aliphatic rings. The van der Waals surface area contributed by atoms with Crippen LogP contribution in [-0.4, -0.2) is 60.3 Å². The van der Waals surface area contributed by atoms with Crippen molar-refractivity contribution in [2.24, 2.45) is 0 Å². The van der Waals surface area contributed by atoms with Gasteiger partial charge in [-0.25, -0.2) is 0 Å². The SMILES string of the molecule is C[C@H](Cc1cccc(C(F)(F)F)c1)N1CCN(CCO)CC1. The van der Waals surface area contributed by atoms with Crippen LogP contribution in [-0.2, 0) is 12.6 Å². The number of rotatable bonds is 5. The number of halogens is 3. The number of piperazine rings is 1. The summed E-state index contributed by atoms with van der Waals surface area (Å²) in [6.45, 7) is 6.48. The Labute approximate surface area is 129 Å². The molecule has 0 amide bonds. The maximum Gasteiger partial charge on any atom is 0.416 e. The molecule has 6 heteroatoms. The molecule has 22 heavy (non-hydrogen) atoms. The van der Waals surface area contributed by atoms with E-state index in [0.29, 0.717) is 13.0 Å². The highest BCUT2D eigenvalue weighted by Gasteiger charge is 2.30. The summed E-state index contributed by atoms with van der Waals surface area (Å²) in [6, 6.07) is 5.80. The van der Waals surface area contributed by atoms with E-state index in [4.69, 9.17) is 5.11 Å². The van der Waals surface area contributed by atoms with Gasteiger partial charge in [0.1, 0.15) is 0 Å². The molecule has 0 radical (unpaired) electrons. The number of aliphatic hydroxyl groups excluding tert-OH is 1. The summed E-state index contributed by atoms with van der Waals surface area (Å²) in [5.41, 5.74) is 0.144. The topological polar surface area (TPSA) is 26.7 Å². The molecule has 3 nitrogen and oxygen atoms in total. The van der Waals surface area contributed by atoms with Gasteiger partial charge in [0.2, 0.25) is 0 Å². The van der Waals surface area contributed by atoms with Crippen molar-refractivity contribution in [1.82, 2.24) is 9.80 Å². The van der Waals surface area contributed by atoms with Crippen LogP contribution in [0.15, 0.2) is 24.3 Å². The van der Waals surface area contributed by atoms with Gasteiger partial charge in [0.05, 0.1) is 12.2 Å². The molecule has 0 aromatic heterocycles. The number of β-amino-alcohol motifs (C(OH)–C–C–N with tert-alkyl or cyclic N) is 1. The summed E-state index contributed by atoms with van der Waals surface area (Å²) < 4.78 is 38.2. The molecule has 0 aliphatic carbocycles. The van der Waals surface area contributed by atoms with Crippen LogP contribution in [0.3, 0.4) is 0 Å². The number of hydrogen-bond donors (Lipinski definition) is 1. The third-order valence-corrected chi connectivity index (χ3v) is 4.23. The van der Waals surface area contributed by atoms with Crippen molar-refractivity contribution in [3.8, 4) is 0 Å². The van der Waals surface area contributed by atoms with E-state index in [2.05, 4.69) is 16.7 Å².